The molecule has 0 aromatic carbocycles. The highest BCUT2D eigenvalue weighted by Gasteiger charge is 2.21. The van der Waals surface area contributed by atoms with Gasteiger partial charge in [0.2, 0.25) is 0 Å². The van der Waals surface area contributed by atoms with E-state index in [9.17, 15) is 0 Å². The molecule has 2 nitrogen and oxygen atoms in total. The number of allylic oxidation sites excluding steroid dienone is 5. The summed E-state index contributed by atoms with van der Waals surface area (Å²) in [6.45, 7) is 12.5. The third-order valence-corrected chi connectivity index (χ3v) is 5.75. The number of nitrogens with zero attached hydrogens (tertiary/aromatic N) is 1. The van der Waals surface area contributed by atoms with E-state index in [0.717, 1.165) is 25.8 Å². The maximum atomic E-state index is 3.89. The van der Waals surface area contributed by atoms with Gasteiger partial charge in [-0.3, -0.25) is 0 Å². The highest BCUT2D eigenvalue weighted by atomic mass is 15.1. The molecule has 0 spiro atoms. The summed E-state index contributed by atoms with van der Waals surface area (Å²) >= 11 is 0. The van der Waals surface area contributed by atoms with Gasteiger partial charge in [-0.05, 0) is 98.3 Å². The Morgan fingerprint density at radius 3 is 2.56 bits per heavy atom. The molecule has 0 unspecified atom stereocenters. The fourth-order valence-corrected chi connectivity index (χ4v) is 3.76. The van der Waals surface area contributed by atoms with Crippen molar-refractivity contribution in [3.05, 3.63) is 35.5 Å². The van der Waals surface area contributed by atoms with Crippen LogP contribution in [0.1, 0.15) is 72.6 Å². The second-order valence-electron chi connectivity index (χ2n) is 7.56. The number of hydrogen-bond acceptors (Lipinski definition) is 2. The predicted molar refractivity (Wildman–Crippen MR) is 113 cm³/mol. The normalized spacial score (nSPS) is 23.8. The molecule has 144 valence electrons. The van der Waals surface area contributed by atoms with Crippen molar-refractivity contribution in [2.75, 3.05) is 26.7 Å². The summed E-state index contributed by atoms with van der Waals surface area (Å²) in [4.78, 5) is 2.50. The van der Waals surface area contributed by atoms with Crippen LogP contribution < -0.4 is 5.32 Å². The van der Waals surface area contributed by atoms with Crippen molar-refractivity contribution in [2.24, 2.45) is 5.92 Å². The molecular formula is C23H42N2. The molecule has 1 rings (SSSR count). The Balaban J connectivity index is 2.69. The van der Waals surface area contributed by atoms with Crippen molar-refractivity contribution in [1.82, 2.24) is 10.2 Å². The lowest BCUT2D eigenvalue weighted by atomic mass is 9.85. The third-order valence-electron chi connectivity index (χ3n) is 5.75. The monoisotopic (exact) mass is 346 g/mol. The minimum atomic E-state index is 0.611. The lowest BCUT2D eigenvalue weighted by Gasteiger charge is -2.30. The minimum absolute atomic E-state index is 0.611. The van der Waals surface area contributed by atoms with Crippen molar-refractivity contribution >= 4 is 0 Å². The Morgan fingerprint density at radius 1 is 1.12 bits per heavy atom. The Bertz CT molecular complexity index is 433. The molecule has 1 N–H and O–H groups in total. The lowest BCUT2D eigenvalue weighted by molar-refractivity contribution is 0.277. The van der Waals surface area contributed by atoms with Crippen LogP contribution in [-0.2, 0) is 0 Å². The van der Waals surface area contributed by atoms with E-state index >= 15 is 0 Å². The van der Waals surface area contributed by atoms with E-state index in [0.29, 0.717) is 12.0 Å². The molecule has 1 aliphatic rings. The molecule has 1 aliphatic heterocycles. The third kappa shape index (κ3) is 8.87. The van der Waals surface area contributed by atoms with Gasteiger partial charge < -0.3 is 10.2 Å². The topological polar surface area (TPSA) is 15.3 Å². The quantitative estimate of drug-likeness (QED) is 0.593. The van der Waals surface area contributed by atoms with Gasteiger partial charge >= 0.3 is 0 Å². The summed E-state index contributed by atoms with van der Waals surface area (Å²) in [5, 5.41) is 3.89. The summed E-state index contributed by atoms with van der Waals surface area (Å²) in [5.74, 6) is 0.627. The molecule has 0 aliphatic carbocycles. The second-order valence-corrected chi connectivity index (χ2v) is 7.56. The van der Waals surface area contributed by atoms with Crippen molar-refractivity contribution in [3.8, 4) is 0 Å². The summed E-state index contributed by atoms with van der Waals surface area (Å²) in [5.41, 5.74) is 3.07. The number of rotatable bonds is 7. The van der Waals surface area contributed by atoms with Gasteiger partial charge in [0.05, 0.1) is 0 Å². The van der Waals surface area contributed by atoms with E-state index in [1.807, 2.05) is 0 Å². The van der Waals surface area contributed by atoms with E-state index < -0.39 is 0 Å². The highest BCUT2D eigenvalue weighted by Crippen LogP contribution is 2.24. The zero-order valence-corrected chi connectivity index (χ0v) is 17.5. The first-order chi connectivity index (χ1) is 12.1. The summed E-state index contributed by atoms with van der Waals surface area (Å²) in [6, 6.07) is 0.611. The molecule has 0 aromatic rings. The number of hydrogen-bond donors (Lipinski definition) is 1. The van der Waals surface area contributed by atoms with Crippen LogP contribution in [0.4, 0.5) is 0 Å². The fraction of sp³-hybridized carbons (Fsp3) is 0.739. The van der Waals surface area contributed by atoms with Gasteiger partial charge in [0, 0.05) is 6.04 Å². The van der Waals surface area contributed by atoms with Crippen LogP contribution in [0.15, 0.2) is 35.5 Å². The number of nitrogens with one attached hydrogen (secondary N) is 1. The van der Waals surface area contributed by atoms with E-state index in [4.69, 9.17) is 0 Å². The largest absolute Gasteiger partial charge is 0.313 e. The molecule has 0 saturated carbocycles. The van der Waals surface area contributed by atoms with Crippen molar-refractivity contribution < 1.29 is 0 Å². The van der Waals surface area contributed by atoms with Crippen LogP contribution >= 0.6 is 0 Å². The molecule has 1 heterocycles. The molecule has 0 radical (unpaired) electrons. The van der Waals surface area contributed by atoms with E-state index in [-0.39, 0.29) is 0 Å². The van der Waals surface area contributed by atoms with Gasteiger partial charge in [-0.2, -0.15) is 0 Å². The zero-order chi connectivity index (χ0) is 18.5. The molecule has 2 atom stereocenters. The van der Waals surface area contributed by atoms with Crippen molar-refractivity contribution in [1.29, 1.82) is 0 Å². The Hall–Kier alpha value is -0.860. The molecule has 0 bridgehead atoms. The smallest absolute Gasteiger partial charge is 0.0136 e. The molecule has 1 fully saturated rings. The summed E-state index contributed by atoms with van der Waals surface area (Å²) in [7, 11) is 2.27. The van der Waals surface area contributed by atoms with Gasteiger partial charge in [0.25, 0.3) is 0 Å². The van der Waals surface area contributed by atoms with Gasteiger partial charge in [-0.1, -0.05) is 42.4 Å². The van der Waals surface area contributed by atoms with E-state index in [1.165, 1.54) is 49.9 Å². The van der Waals surface area contributed by atoms with Crippen LogP contribution in [-0.4, -0.2) is 37.6 Å². The first-order valence-electron chi connectivity index (χ1n) is 10.5. The van der Waals surface area contributed by atoms with Gasteiger partial charge in [0.15, 0.2) is 0 Å². The average Bonchev–Trinajstić information content (AvgIpc) is 2.63. The highest BCUT2D eigenvalue weighted by molar-refractivity contribution is 5.10. The maximum absolute atomic E-state index is 3.89. The van der Waals surface area contributed by atoms with Crippen LogP contribution in [0.2, 0.25) is 0 Å². The zero-order valence-electron chi connectivity index (χ0n) is 17.5. The predicted octanol–water partition coefficient (Wildman–Crippen LogP) is 5.73. The maximum Gasteiger partial charge on any atom is 0.0136 e. The molecule has 25 heavy (non-hydrogen) atoms. The van der Waals surface area contributed by atoms with Crippen LogP contribution in [0.25, 0.3) is 0 Å². The first-order valence-corrected chi connectivity index (χ1v) is 10.5. The molecular weight excluding hydrogens is 304 g/mol. The van der Waals surface area contributed by atoms with Gasteiger partial charge in [-0.25, -0.2) is 0 Å². The minimum Gasteiger partial charge on any atom is -0.313 e. The fourth-order valence-electron chi connectivity index (χ4n) is 3.76. The average molecular weight is 347 g/mol. The van der Waals surface area contributed by atoms with E-state index in [2.05, 4.69) is 69.3 Å². The Morgan fingerprint density at radius 2 is 1.88 bits per heavy atom. The molecule has 2 heteroatoms. The van der Waals surface area contributed by atoms with Crippen molar-refractivity contribution in [3.63, 3.8) is 0 Å². The second kappa shape index (κ2) is 13.4. The van der Waals surface area contributed by atoms with Crippen LogP contribution in [0.5, 0.6) is 0 Å². The molecule has 0 aromatic heterocycles. The van der Waals surface area contributed by atoms with Gasteiger partial charge in [0.1, 0.15) is 0 Å². The lowest BCUT2D eigenvalue weighted by Crippen LogP contribution is -2.39. The molecule has 1 saturated heterocycles. The van der Waals surface area contributed by atoms with Crippen LogP contribution in [0.3, 0.4) is 0 Å². The first kappa shape index (κ1) is 22.2. The standard InChI is InChI=1S/C23H42N2/c1-6-20(4)22(15-10-9-14-21(7-2)8-3)23-16-13-19-25(5)18-12-11-17-24-23/h6-7,9-10,22-24H,8,11-19H2,1-5H3/b10-9+,20-6+,21-7-/t22-,23-/m0/s1. The summed E-state index contributed by atoms with van der Waals surface area (Å²) in [6.07, 6.45) is 18.0. The SMILES string of the molecule is C/C=C(/CC)C/C=C/C[C@@H](/C(C)=C/C)[C@@H]1CCCN(C)CCCCN1. The van der Waals surface area contributed by atoms with Crippen molar-refractivity contribution in [2.45, 2.75) is 78.7 Å². The summed E-state index contributed by atoms with van der Waals surface area (Å²) < 4.78 is 0. The van der Waals surface area contributed by atoms with Crippen LogP contribution in [0, 0.1) is 5.92 Å². The van der Waals surface area contributed by atoms with E-state index in [1.54, 1.807) is 0 Å². The Kier molecular flexibility index (Phi) is 11.9. The van der Waals surface area contributed by atoms with Gasteiger partial charge in [-0.15, -0.1) is 0 Å². The Labute approximate surface area is 157 Å². The molecule has 0 amide bonds.